The van der Waals surface area contributed by atoms with Gasteiger partial charge in [-0.2, -0.15) is 0 Å². The fourth-order valence-corrected chi connectivity index (χ4v) is 4.18. The summed E-state index contributed by atoms with van der Waals surface area (Å²) in [6, 6.07) is 4.82. The number of hydrogen-bond donors (Lipinski definition) is 1. The SMILES string of the molecule is CCN1CC2c3cc(C)c(C)cc3C2(CCCO)C1. The average molecular weight is 259 g/mol. The molecule has 2 unspecified atom stereocenters. The van der Waals surface area contributed by atoms with Crippen LogP contribution in [0.1, 0.15) is 47.9 Å². The van der Waals surface area contributed by atoms with Crippen molar-refractivity contribution in [2.75, 3.05) is 26.2 Å². The van der Waals surface area contributed by atoms with Crippen molar-refractivity contribution in [3.63, 3.8) is 0 Å². The number of fused-ring (bicyclic) bond motifs is 4. The lowest BCUT2D eigenvalue weighted by atomic mass is 9.55. The maximum absolute atomic E-state index is 9.21. The summed E-state index contributed by atoms with van der Waals surface area (Å²) in [6.45, 7) is 10.5. The first-order chi connectivity index (χ1) is 9.12. The summed E-state index contributed by atoms with van der Waals surface area (Å²) >= 11 is 0. The first-order valence-electron chi connectivity index (χ1n) is 7.57. The van der Waals surface area contributed by atoms with E-state index in [0.29, 0.717) is 17.9 Å². The van der Waals surface area contributed by atoms with Gasteiger partial charge in [0.05, 0.1) is 0 Å². The van der Waals surface area contributed by atoms with Crippen LogP contribution in [0, 0.1) is 13.8 Å². The van der Waals surface area contributed by atoms with Crippen LogP contribution in [0.5, 0.6) is 0 Å². The molecule has 0 amide bonds. The van der Waals surface area contributed by atoms with Crippen LogP contribution in [-0.4, -0.2) is 36.2 Å². The van der Waals surface area contributed by atoms with E-state index in [1.165, 1.54) is 24.2 Å². The molecule has 2 aliphatic rings. The van der Waals surface area contributed by atoms with Gasteiger partial charge in [0.1, 0.15) is 0 Å². The smallest absolute Gasteiger partial charge is 0.0431 e. The summed E-state index contributed by atoms with van der Waals surface area (Å²) in [4.78, 5) is 2.58. The van der Waals surface area contributed by atoms with Gasteiger partial charge in [-0.1, -0.05) is 19.1 Å². The topological polar surface area (TPSA) is 23.5 Å². The first-order valence-corrected chi connectivity index (χ1v) is 7.57. The summed E-state index contributed by atoms with van der Waals surface area (Å²) in [6.07, 6.45) is 2.07. The van der Waals surface area contributed by atoms with E-state index in [2.05, 4.69) is 37.8 Å². The number of benzene rings is 1. The van der Waals surface area contributed by atoms with Crippen molar-refractivity contribution in [1.82, 2.24) is 4.90 Å². The molecule has 1 N–H and O–H groups in total. The van der Waals surface area contributed by atoms with Crippen molar-refractivity contribution in [2.45, 2.75) is 44.9 Å². The highest BCUT2D eigenvalue weighted by molar-refractivity contribution is 5.55. The number of rotatable bonds is 4. The summed E-state index contributed by atoms with van der Waals surface area (Å²) in [7, 11) is 0. The maximum atomic E-state index is 9.21. The second kappa shape index (κ2) is 4.60. The quantitative estimate of drug-likeness (QED) is 0.898. The number of aryl methyl sites for hydroxylation is 2. The van der Waals surface area contributed by atoms with Crippen LogP contribution >= 0.6 is 0 Å². The summed E-state index contributed by atoms with van der Waals surface area (Å²) in [5.74, 6) is 0.702. The lowest BCUT2D eigenvalue weighted by Crippen LogP contribution is -2.44. The Hall–Kier alpha value is -0.860. The van der Waals surface area contributed by atoms with Crippen LogP contribution < -0.4 is 0 Å². The van der Waals surface area contributed by atoms with E-state index in [4.69, 9.17) is 0 Å². The van der Waals surface area contributed by atoms with E-state index in [0.717, 1.165) is 19.4 Å². The fraction of sp³-hybridized carbons (Fsp3) is 0.647. The zero-order valence-electron chi connectivity index (χ0n) is 12.4. The second-order valence-corrected chi connectivity index (χ2v) is 6.39. The minimum absolute atomic E-state index is 0.320. The van der Waals surface area contributed by atoms with Gasteiger partial charge >= 0.3 is 0 Å². The van der Waals surface area contributed by atoms with Crippen molar-refractivity contribution >= 4 is 0 Å². The molecule has 0 spiro atoms. The summed E-state index contributed by atoms with van der Waals surface area (Å²) in [5, 5.41) is 9.21. The minimum atomic E-state index is 0.320. The molecule has 104 valence electrons. The Morgan fingerprint density at radius 1 is 1.32 bits per heavy atom. The van der Waals surface area contributed by atoms with E-state index >= 15 is 0 Å². The molecule has 2 nitrogen and oxygen atoms in total. The van der Waals surface area contributed by atoms with E-state index in [9.17, 15) is 5.11 Å². The maximum Gasteiger partial charge on any atom is 0.0431 e. The molecular formula is C17H25NO. The Morgan fingerprint density at radius 3 is 2.74 bits per heavy atom. The lowest BCUT2D eigenvalue weighted by Gasteiger charge is -2.47. The molecule has 0 bridgehead atoms. The summed E-state index contributed by atoms with van der Waals surface area (Å²) < 4.78 is 0. The second-order valence-electron chi connectivity index (χ2n) is 6.39. The third-order valence-electron chi connectivity index (χ3n) is 5.42. The van der Waals surface area contributed by atoms with Crippen molar-refractivity contribution in [3.05, 3.63) is 34.4 Å². The van der Waals surface area contributed by atoms with Crippen molar-refractivity contribution in [1.29, 1.82) is 0 Å². The van der Waals surface area contributed by atoms with Crippen LogP contribution in [-0.2, 0) is 5.41 Å². The number of nitrogens with zero attached hydrogens (tertiary/aromatic N) is 1. The molecule has 0 saturated carbocycles. The van der Waals surface area contributed by atoms with Gasteiger partial charge in [-0.15, -0.1) is 0 Å². The van der Waals surface area contributed by atoms with Crippen LogP contribution in [0.3, 0.4) is 0 Å². The van der Waals surface area contributed by atoms with Gasteiger partial charge in [-0.25, -0.2) is 0 Å². The molecule has 19 heavy (non-hydrogen) atoms. The molecule has 1 fully saturated rings. The van der Waals surface area contributed by atoms with Gasteiger partial charge in [0.25, 0.3) is 0 Å². The number of aliphatic hydroxyl groups is 1. The molecule has 1 saturated heterocycles. The molecule has 0 radical (unpaired) electrons. The van der Waals surface area contributed by atoms with Crippen molar-refractivity contribution in [2.24, 2.45) is 0 Å². The number of likely N-dealkylation sites (N-methyl/N-ethyl adjacent to an activating group) is 1. The molecule has 1 aromatic rings. The standard InChI is InChI=1S/C17H25NO/c1-4-18-10-16-14-8-12(2)13(3)9-15(14)17(16,11-18)6-5-7-19/h8-9,16,19H,4-7,10-11H2,1-3H3. The molecule has 1 aliphatic heterocycles. The molecule has 0 aromatic heterocycles. The van der Waals surface area contributed by atoms with Crippen LogP contribution in [0.4, 0.5) is 0 Å². The van der Waals surface area contributed by atoms with Gasteiger partial charge in [0.15, 0.2) is 0 Å². The lowest BCUT2D eigenvalue weighted by molar-refractivity contribution is 0.237. The largest absolute Gasteiger partial charge is 0.396 e. The molecular weight excluding hydrogens is 234 g/mol. The highest BCUT2D eigenvalue weighted by Crippen LogP contribution is 2.58. The average Bonchev–Trinajstić information content (AvgIpc) is 2.74. The van der Waals surface area contributed by atoms with Gasteiger partial charge in [0.2, 0.25) is 0 Å². The highest BCUT2D eigenvalue weighted by Gasteiger charge is 2.55. The molecule has 2 atom stereocenters. The molecule has 1 aromatic carbocycles. The highest BCUT2D eigenvalue weighted by atomic mass is 16.2. The van der Waals surface area contributed by atoms with Gasteiger partial charge in [0, 0.05) is 31.0 Å². The van der Waals surface area contributed by atoms with Crippen LogP contribution in [0.25, 0.3) is 0 Å². The Kier molecular flexibility index (Phi) is 3.18. The van der Waals surface area contributed by atoms with Gasteiger partial charge in [-0.3, -0.25) is 0 Å². The summed E-state index contributed by atoms with van der Waals surface area (Å²) in [5.41, 5.74) is 6.33. The Labute approximate surface area is 116 Å². The molecule has 1 aliphatic carbocycles. The third kappa shape index (κ3) is 1.77. The van der Waals surface area contributed by atoms with E-state index in [-0.39, 0.29) is 0 Å². The number of hydrogen-bond acceptors (Lipinski definition) is 2. The zero-order chi connectivity index (χ0) is 13.6. The van der Waals surface area contributed by atoms with Crippen LogP contribution in [0.2, 0.25) is 0 Å². The Balaban J connectivity index is 1.99. The van der Waals surface area contributed by atoms with Crippen LogP contribution in [0.15, 0.2) is 12.1 Å². The third-order valence-corrected chi connectivity index (χ3v) is 5.42. The fourth-order valence-electron chi connectivity index (χ4n) is 4.18. The zero-order valence-corrected chi connectivity index (χ0v) is 12.4. The monoisotopic (exact) mass is 259 g/mol. The minimum Gasteiger partial charge on any atom is -0.396 e. The molecule has 3 rings (SSSR count). The first kappa shape index (κ1) is 13.1. The van der Waals surface area contributed by atoms with E-state index in [1.807, 2.05) is 0 Å². The van der Waals surface area contributed by atoms with E-state index < -0.39 is 0 Å². The number of aliphatic hydroxyl groups excluding tert-OH is 1. The van der Waals surface area contributed by atoms with Crippen molar-refractivity contribution < 1.29 is 5.11 Å². The van der Waals surface area contributed by atoms with Gasteiger partial charge < -0.3 is 10.0 Å². The molecule has 1 heterocycles. The molecule has 2 heteroatoms. The Morgan fingerprint density at radius 2 is 2.05 bits per heavy atom. The Bertz CT molecular complexity index is 496. The predicted molar refractivity (Wildman–Crippen MR) is 78.8 cm³/mol. The van der Waals surface area contributed by atoms with E-state index in [1.54, 1.807) is 11.1 Å². The normalized spacial score (nSPS) is 28.9. The predicted octanol–water partition coefficient (Wildman–Crippen LogP) is 2.75. The van der Waals surface area contributed by atoms with Crippen molar-refractivity contribution in [3.8, 4) is 0 Å². The van der Waals surface area contributed by atoms with Gasteiger partial charge in [-0.05, 0) is 55.5 Å². The number of likely N-dealkylation sites (tertiary alicyclic amines) is 1.